The number of carbonyl (C=O) groups is 1. The molecule has 1 aliphatic rings. The molecule has 0 radical (unpaired) electrons. The quantitative estimate of drug-likeness (QED) is 0.633. The Kier molecular flexibility index (Phi) is 7.02. The molecule has 144 valence electrons. The summed E-state index contributed by atoms with van der Waals surface area (Å²) in [6, 6.07) is 15.1. The van der Waals surface area contributed by atoms with Crippen molar-refractivity contribution in [2.45, 2.75) is 38.8 Å². The first-order valence-electron chi connectivity index (χ1n) is 9.60. The number of hydrogen-bond acceptors (Lipinski definition) is 2. The molecule has 0 saturated carbocycles. The lowest BCUT2D eigenvalue weighted by atomic mass is 10.0. The van der Waals surface area contributed by atoms with Crippen LogP contribution in [0.15, 0.2) is 53.0 Å². The van der Waals surface area contributed by atoms with Crippen LogP contribution in [0.3, 0.4) is 0 Å². The van der Waals surface area contributed by atoms with Crippen molar-refractivity contribution in [3.8, 4) is 0 Å². The van der Waals surface area contributed by atoms with Gasteiger partial charge < -0.3 is 4.90 Å². The summed E-state index contributed by atoms with van der Waals surface area (Å²) in [5, 5.41) is 0. The Bertz CT molecular complexity index is 760. The molecule has 1 saturated heterocycles. The summed E-state index contributed by atoms with van der Waals surface area (Å²) < 4.78 is 15.0. The van der Waals surface area contributed by atoms with Gasteiger partial charge in [-0.1, -0.05) is 47.1 Å². The molecule has 27 heavy (non-hydrogen) atoms. The maximum atomic E-state index is 14.3. The highest BCUT2D eigenvalue weighted by Gasteiger charge is 2.27. The van der Waals surface area contributed by atoms with Gasteiger partial charge in [-0.2, -0.15) is 0 Å². The molecule has 3 rings (SSSR count). The highest BCUT2D eigenvalue weighted by Crippen LogP contribution is 2.23. The largest absolute Gasteiger partial charge is 0.339 e. The second-order valence-electron chi connectivity index (χ2n) is 7.10. The Morgan fingerprint density at radius 2 is 1.89 bits per heavy atom. The minimum Gasteiger partial charge on any atom is -0.339 e. The first-order chi connectivity index (χ1) is 13.1. The van der Waals surface area contributed by atoms with Crippen molar-refractivity contribution in [1.29, 1.82) is 0 Å². The fourth-order valence-corrected chi connectivity index (χ4v) is 4.08. The van der Waals surface area contributed by atoms with Crippen LogP contribution in [0.25, 0.3) is 0 Å². The fraction of sp³-hybridized carbons (Fsp3) is 0.409. The van der Waals surface area contributed by atoms with Gasteiger partial charge in [0.1, 0.15) is 5.82 Å². The van der Waals surface area contributed by atoms with Gasteiger partial charge in [0.25, 0.3) is 5.91 Å². The first-order valence-corrected chi connectivity index (χ1v) is 10.4. The molecule has 5 heteroatoms. The van der Waals surface area contributed by atoms with Crippen LogP contribution >= 0.6 is 15.9 Å². The molecule has 0 bridgehead atoms. The van der Waals surface area contributed by atoms with Crippen molar-refractivity contribution in [3.63, 3.8) is 0 Å². The van der Waals surface area contributed by atoms with E-state index in [1.165, 1.54) is 6.07 Å². The number of rotatable bonds is 6. The van der Waals surface area contributed by atoms with Gasteiger partial charge in [-0.05, 0) is 50.1 Å². The van der Waals surface area contributed by atoms with Gasteiger partial charge in [-0.25, -0.2) is 4.39 Å². The van der Waals surface area contributed by atoms with Crippen LogP contribution < -0.4 is 0 Å². The van der Waals surface area contributed by atoms with E-state index in [1.54, 1.807) is 0 Å². The maximum Gasteiger partial charge on any atom is 0.253 e. The second-order valence-corrected chi connectivity index (χ2v) is 8.01. The smallest absolute Gasteiger partial charge is 0.253 e. The van der Waals surface area contributed by atoms with Gasteiger partial charge in [0.2, 0.25) is 0 Å². The van der Waals surface area contributed by atoms with Crippen LogP contribution in [0.5, 0.6) is 0 Å². The normalized spacial score (nSPS) is 15.3. The third-order valence-corrected chi connectivity index (χ3v) is 5.68. The molecule has 2 aromatic carbocycles. The van der Waals surface area contributed by atoms with Crippen molar-refractivity contribution in [2.24, 2.45) is 0 Å². The van der Waals surface area contributed by atoms with Crippen LogP contribution in [-0.4, -0.2) is 41.4 Å². The minimum absolute atomic E-state index is 0.107. The van der Waals surface area contributed by atoms with Crippen LogP contribution in [-0.2, 0) is 6.54 Å². The Labute approximate surface area is 169 Å². The molecule has 0 aromatic heterocycles. The SMILES string of the molecule is CCCN(Cc1ccc(Br)cc1F)C1CCN(C(=O)c2ccccc2)CC1. The van der Waals surface area contributed by atoms with E-state index >= 15 is 0 Å². The molecule has 1 amide bonds. The molecule has 0 atom stereocenters. The third-order valence-electron chi connectivity index (χ3n) is 5.19. The van der Waals surface area contributed by atoms with Crippen molar-refractivity contribution < 1.29 is 9.18 Å². The van der Waals surface area contributed by atoms with Gasteiger partial charge in [-0.3, -0.25) is 9.69 Å². The number of piperidine rings is 1. The molecule has 0 aliphatic carbocycles. The maximum absolute atomic E-state index is 14.3. The van der Waals surface area contributed by atoms with Crippen molar-refractivity contribution >= 4 is 21.8 Å². The van der Waals surface area contributed by atoms with Crippen LogP contribution in [0.2, 0.25) is 0 Å². The second kappa shape index (κ2) is 9.47. The van der Waals surface area contributed by atoms with Crippen LogP contribution in [0.1, 0.15) is 42.1 Å². The lowest BCUT2D eigenvalue weighted by molar-refractivity contribution is 0.0606. The van der Waals surface area contributed by atoms with Crippen molar-refractivity contribution in [1.82, 2.24) is 9.80 Å². The number of carbonyl (C=O) groups excluding carboxylic acids is 1. The zero-order chi connectivity index (χ0) is 19.2. The molecular formula is C22H26BrFN2O. The summed E-state index contributed by atoms with van der Waals surface area (Å²) in [7, 11) is 0. The van der Waals surface area contributed by atoms with E-state index in [1.807, 2.05) is 47.4 Å². The Hall–Kier alpha value is -1.72. The molecular weight excluding hydrogens is 407 g/mol. The number of halogens is 2. The Morgan fingerprint density at radius 3 is 2.52 bits per heavy atom. The standard InChI is InChI=1S/C22H26BrFN2O/c1-2-12-26(16-18-8-9-19(23)15-21(18)24)20-10-13-25(14-11-20)22(27)17-6-4-3-5-7-17/h3-9,15,20H,2,10-14,16H2,1H3. The summed E-state index contributed by atoms with van der Waals surface area (Å²) in [4.78, 5) is 16.9. The van der Waals surface area contributed by atoms with E-state index in [2.05, 4.69) is 27.8 Å². The lowest BCUT2D eigenvalue weighted by Crippen LogP contribution is -2.46. The summed E-state index contributed by atoms with van der Waals surface area (Å²) in [6.45, 7) is 5.21. The molecule has 1 heterocycles. The summed E-state index contributed by atoms with van der Waals surface area (Å²) >= 11 is 3.32. The molecule has 3 nitrogen and oxygen atoms in total. The van der Waals surface area contributed by atoms with E-state index in [9.17, 15) is 9.18 Å². The fourth-order valence-electron chi connectivity index (χ4n) is 3.74. The monoisotopic (exact) mass is 432 g/mol. The van der Waals surface area contributed by atoms with E-state index < -0.39 is 0 Å². The molecule has 2 aromatic rings. The molecule has 0 N–H and O–H groups in total. The number of amides is 1. The van der Waals surface area contributed by atoms with Gasteiger partial charge in [0.05, 0.1) is 0 Å². The van der Waals surface area contributed by atoms with E-state index in [0.717, 1.165) is 54.5 Å². The zero-order valence-corrected chi connectivity index (χ0v) is 17.3. The number of benzene rings is 2. The van der Waals surface area contributed by atoms with Gasteiger partial charge in [0, 0.05) is 41.3 Å². The predicted molar refractivity (Wildman–Crippen MR) is 110 cm³/mol. The number of nitrogens with zero attached hydrogens (tertiary/aromatic N) is 2. The van der Waals surface area contributed by atoms with Crippen molar-refractivity contribution in [2.75, 3.05) is 19.6 Å². The Balaban J connectivity index is 1.62. The van der Waals surface area contributed by atoms with Crippen LogP contribution in [0.4, 0.5) is 4.39 Å². The summed E-state index contributed by atoms with van der Waals surface area (Å²) in [6.07, 6.45) is 2.88. The van der Waals surface area contributed by atoms with Gasteiger partial charge >= 0.3 is 0 Å². The topological polar surface area (TPSA) is 23.6 Å². The molecule has 1 aliphatic heterocycles. The van der Waals surface area contributed by atoms with Crippen molar-refractivity contribution in [3.05, 3.63) is 69.9 Å². The van der Waals surface area contributed by atoms with E-state index in [4.69, 9.17) is 0 Å². The Morgan fingerprint density at radius 1 is 1.19 bits per heavy atom. The predicted octanol–water partition coefficient (Wildman–Crippen LogP) is 5.11. The van der Waals surface area contributed by atoms with E-state index in [0.29, 0.717) is 12.6 Å². The van der Waals surface area contributed by atoms with E-state index in [-0.39, 0.29) is 11.7 Å². The highest BCUT2D eigenvalue weighted by atomic mass is 79.9. The lowest BCUT2D eigenvalue weighted by Gasteiger charge is -2.38. The zero-order valence-electron chi connectivity index (χ0n) is 15.7. The van der Waals surface area contributed by atoms with Gasteiger partial charge in [0.15, 0.2) is 0 Å². The van der Waals surface area contributed by atoms with Gasteiger partial charge in [-0.15, -0.1) is 0 Å². The number of hydrogen-bond donors (Lipinski definition) is 0. The summed E-state index contributed by atoms with van der Waals surface area (Å²) in [5.74, 6) is -0.0581. The minimum atomic E-state index is -0.165. The average Bonchev–Trinajstić information content (AvgIpc) is 2.70. The van der Waals surface area contributed by atoms with Crippen LogP contribution in [0, 0.1) is 5.82 Å². The molecule has 0 unspecified atom stereocenters. The average molecular weight is 433 g/mol. The molecule has 1 fully saturated rings. The third kappa shape index (κ3) is 5.17. The number of likely N-dealkylation sites (tertiary alicyclic amines) is 1. The highest BCUT2D eigenvalue weighted by molar-refractivity contribution is 9.10. The molecule has 0 spiro atoms. The summed E-state index contributed by atoms with van der Waals surface area (Å²) in [5.41, 5.74) is 1.48. The first kappa shape index (κ1) is 20.0.